The van der Waals surface area contributed by atoms with E-state index in [1.54, 1.807) is 30.6 Å². The lowest BCUT2D eigenvalue weighted by atomic mass is 10.2. The molecule has 0 unspecified atom stereocenters. The molecule has 0 bridgehead atoms. The summed E-state index contributed by atoms with van der Waals surface area (Å²) in [7, 11) is 1.67. The standard InChI is InChI=1S/C17H20N6OS/c1-20-16(24)11-15(12-19-20)22-8-6-21(7-9-22)13-14-3-2-5-23(14)17-18-4-10-25-17/h2-5,10-12H,6-9,13H2,1H3. The zero-order chi connectivity index (χ0) is 17.2. The summed E-state index contributed by atoms with van der Waals surface area (Å²) in [5.41, 5.74) is 2.09. The van der Waals surface area contributed by atoms with Gasteiger partial charge in [0.2, 0.25) is 0 Å². The van der Waals surface area contributed by atoms with Crippen molar-refractivity contribution >= 4 is 17.0 Å². The second-order valence-electron chi connectivity index (χ2n) is 6.12. The van der Waals surface area contributed by atoms with E-state index in [0.29, 0.717) is 0 Å². The molecule has 4 rings (SSSR count). The molecule has 3 aromatic heterocycles. The minimum Gasteiger partial charge on any atom is -0.368 e. The highest BCUT2D eigenvalue weighted by Gasteiger charge is 2.19. The Morgan fingerprint density at radius 3 is 2.80 bits per heavy atom. The van der Waals surface area contributed by atoms with Crippen LogP contribution in [-0.4, -0.2) is 50.4 Å². The first-order valence-electron chi connectivity index (χ1n) is 8.27. The predicted octanol–water partition coefficient (Wildman–Crippen LogP) is 1.35. The topological polar surface area (TPSA) is 59.2 Å². The number of piperazine rings is 1. The quantitative estimate of drug-likeness (QED) is 0.706. The van der Waals surface area contributed by atoms with Crippen molar-refractivity contribution in [1.82, 2.24) is 24.2 Å². The van der Waals surface area contributed by atoms with Crippen LogP contribution in [0.2, 0.25) is 0 Å². The second-order valence-corrected chi connectivity index (χ2v) is 7.00. The number of nitrogens with zero attached hydrogens (tertiary/aromatic N) is 6. The van der Waals surface area contributed by atoms with Crippen LogP contribution in [0.15, 0.2) is 47.0 Å². The normalized spacial score (nSPS) is 15.6. The Balaban J connectivity index is 1.40. The second kappa shape index (κ2) is 6.81. The van der Waals surface area contributed by atoms with Crippen molar-refractivity contribution in [3.63, 3.8) is 0 Å². The maximum Gasteiger partial charge on any atom is 0.268 e. The Labute approximate surface area is 149 Å². The average molecular weight is 356 g/mol. The summed E-state index contributed by atoms with van der Waals surface area (Å²) in [6.07, 6.45) is 5.67. The highest BCUT2D eigenvalue weighted by atomic mass is 32.1. The van der Waals surface area contributed by atoms with Crippen LogP contribution in [0.3, 0.4) is 0 Å². The number of anilines is 1. The van der Waals surface area contributed by atoms with E-state index in [2.05, 4.69) is 42.8 Å². The monoisotopic (exact) mass is 356 g/mol. The number of hydrogen-bond donors (Lipinski definition) is 0. The van der Waals surface area contributed by atoms with E-state index >= 15 is 0 Å². The van der Waals surface area contributed by atoms with E-state index in [1.807, 2.05) is 11.6 Å². The van der Waals surface area contributed by atoms with Crippen molar-refractivity contribution in [2.24, 2.45) is 7.05 Å². The molecule has 25 heavy (non-hydrogen) atoms. The molecule has 0 aromatic carbocycles. The Morgan fingerprint density at radius 2 is 2.08 bits per heavy atom. The zero-order valence-corrected chi connectivity index (χ0v) is 14.9. The summed E-state index contributed by atoms with van der Waals surface area (Å²) in [6, 6.07) is 5.88. The fraction of sp³-hybridized carbons (Fsp3) is 0.353. The largest absolute Gasteiger partial charge is 0.368 e. The minimum absolute atomic E-state index is 0.0683. The van der Waals surface area contributed by atoms with Gasteiger partial charge in [0.15, 0.2) is 5.13 Å². The smallest absolute Gasteiger partial charge is 0.268 e. The van der Waals surface area contributed by atoms with Gasteiger partial charge in [-0.2, -0.15) is 5.10 Å². The summed E-state index contributed by atoms with van der Waals surface area (Å²) in [6.45, 7) is 4.60. The van der Waals surface area contributed by atoms with Gasteiger partial charge in [-0.3, -0.25) is 14.3 Å². The Bertz CT molecular complexity index is 892. The zero-order valence-electron chi connectivity index (χ0n) is 14.1. The molecule has 130 valence electrons. The number of aromatic nitrogens is 4. The molecule has 8 heteroatoms. The number of thiazole rings is 1. The summed E-state index contributed by atoms with van der Waals surface area (Å²) < 4.78 is 3.51. The molecule has 0 atom stereocenters. The van der Waals surface area contributed by atoms with Gasteiger partial charge in [0, 0.05) is 69.3 Å². The van der Waals surface area contributed by atoms with Crippen LogP contribution >= 0.6 is 11.3 Å². The third kappa shape index (κ3) is 3.35. The third-order valence-electron chi connectivity index (χ3n) is 4.54. The molecule has 3 aromatic rings. The molecular weight excluding hydrogens is 336 g/mol. The van der Waals surface area contributed by atoms with Gasteiger partial charge in [-0.05, 0) is 12.1 Å². The molecule has 0 aliphatic carbocycles. The maximum absolute atomic E-state index is 11.8. The lowest BCUT2D eigenvalue weighted by molar-refractivity contribution is 0.246. The first-order chi connectivity index (χ1) is 12.2. The fourth-order valence-corrected chi connectivity index (χ4v) is 3.75. The van der Waals surface area contributed by atoms with Gasteiger partial charge in [-0.25, -0.2) is 9.67 Å². The van der Waals surface area contributed by atoms with Crippen molar-refractivity contribution in [2.75, 3.05) is 31.1 Å². The summed E-state index contributed by atoms with van der Waals surface area (Å²) in [5, 5.41) is 7.11. The van der Waals surface area contributed by atoms with Gasteiger partial charge in [-0.1, -0.05) is 0 Å². The number of hydrogen-bond acceptors (Lipinski definition) is 6. The van der Waals surface area contributed by atoms with Gasteiger partial charge in [-0.15, -0.1) is 11.3 Å². The summed E-state index contributed by atoms with van der Waals surface area (Å²) in [4.78, 5) is 20.8. The van der Waals surface area contributed by atoms with Crippen LogP contribution in [0.5, 0.6) is 0 Å². The van der Waals surface area contributed by atoms with E-state index in [0.717, 1.165) is 43.5 Å². The van der Waals surface area contributed by atoms with E-state index in [-0.39, 0.29) is 5.56 Å². The molecule has 0 saturated carbocycles. The number of aryl methyl sites for hydroxylation is 1. The van der Waals surface area contributed by atoms with Crippen LogP contribution < -0.4 is 10.5 Å². The first-order valence-corrected chi connectivity index (χ1v) is 9.15. The van der Waals surface area contributed by atoms with Crippen LogP contribution in [0.25, 0.3) is 5.13 Å². The first kappa shape index (κ1) is 16.0. The van der Waals surface area contributed by atoms with E-state index < -0.39 is 0 Å². The van der Waals surface area contributed by atoms with E-state index in [1.165, 1.54) is 10.4 Å². The molecule has 0 N–H and O–H groups in total. The van der Waals surface area contributed by atoms with Gasteiger partial charge in [0.1, 0.15) is 0 Å². The van der Waals surface area contributed by atoms with Crippen molar-refractivity contribution in [2.45, 2.75) is 6.54 Å². The predicted molar refractivity (Wildman–Crippen MR) is 98.4 cm³/mol. The highest BCUT2D eigenvalue weighted by molar-refractivity contribution is 7.12. The summed E-state index contributed by atoms with van der Waals surface area (Å²) in [5.74, 6) is 0. The molecule has 0 amide bonds. The van der Waals surface area contributed by atoms with E-state index in [4.69, 9.17) is 0 Å². The minimum atomic E-state index is -0.0683. The molecule has 1 aliphatic rings. The van der Waals surface area contributed by atoms with E-state index in [9.17, 15) is 4.79 Å². The summed E-state index contributed by atoms with van der Waals surface area (Å²) >= 11 is 1.64. The molecule has 1 saturated heterocycles. The van der Waals surface area contributed by atoms with Crippen LogP contribution in [0, 0.1) is 0 Å². The maximum atomic E-state index is 11.8. The molecular formula is C17H20N6OS. The lowest BCUT2D eigenvalue weighted by Crippen LogP contribution is -2.46. The third-order valence-corrected chi connectivity index (χ3v) is 5.31. The molecule has 0 radical (unpaired) electrons. The highest BCUT2D eigenvalue weighted by Crippen LogP contribution is 2.18. The molecule has 1 aliphatic heterocycles. The van der Waals surface area contributed by atoms with Crippen LogP contribution in [-0.2, 0) is 13.6 Å². The SMILES string of the molecule is Cn1ncc(N2CCN(Cc3cccn3-c3nccs3)CC2)cc1=O. The molecule has 0 spiro atoms. The van der Waals surface area contributed by atoms with Crippen molar-refractivity contribution in [1.29, 1.82) is 0 Å². The van der Waals surface area contributed by atoms with Crippen molar-refractivity contribution in [3.05, 3.63) is 58.2 Å². The van der Waals surface area contributed by atoms with Crippen molar-refractivity contribution < 1.29 is 0 Å². The Kier molecular flexibility index (Phi) is 4.37. The Morgan fingerprint density at radius 1 is 1.24 bits per heavy atom. The van der Waals surface area contributed by atoms with Gasteiger partial charge < -0.3 is 4.90 Å². The van der Waals surface area contributed by atoms with Crippen molar-refractivity contribution in [3.8, 4) is 5.13 Å². The van der Waals surface area contributed by atoms with Gasteiger partial charge in [0.25, 0.3) is 5.56 Å². The van der Waals surface area contributed by atoms with Crippen LogP contribution in [0.1, 0.15) is 5.69 Å². The lowest BCUT2D eigenvalue weighted by Gasteiger charge is -2.35. The fourth-order valence-electron chi connectivity index (χ4n) is 3.09. The Hall–Kier alpha value is -2.45. The van der Waals surface area contributed by atoms with Gasteiger partial charge >= 0.3 is 0 Å². The van der Waals surface area contributed by atoms with Crippen LogP contribution in [0.4, 0.5) is 5.69 Å². The van der Waals surface area contributed by atoms with Gasteiger partial charge in [0.05, 0.1) is 11.9 Å². The average Bonchev–Trinajstić information content (AvgIpc) is 3.29. The molecule has 4 heterocycles. The molecule has 1 fully saturated rings. The number of rotatable bonds is 4. The molecule has 7 nitrogen and oxygen atoms in total.